The largest absolute Gasteiger partial charge is 0.480 e. The Morgan fingerprint density at radius 3 is 2.39 bits per heavy atom. The number of carboxylic acids is 1. The predicted molar refractivity (Wildman–Crippen MR) is 134 cm³/mol. The van der Waals surface area contributed by atoms with Gasteiger partial charge in [0, 0.05) is 13.0 Å². The number of nitrogen functional groups attached to an aromatic ring is 1. The highest BCUT2D eigenvalue weighted by molar-refractivity contribution is 5.98. The van der Waals surface area contributed by atoms with Crippen LogP contribution in [0.4, 0.5) is 22.2 Å². The van der Waals surface area contributed by atoms with Gasteiger partial charge in [0.25, 0.3) is 0 Å². The van der Waals surface area contributed by atoms with Gasteiger partial charge >= 0.3 is 17.6 Å². The van der Waals surface area contributed by atoms with Crippen LogP contribution in [-0.4, -0.2) is 91.6 Å². The third kappa shape index (κ3) is 7.79. The van der Waals surface area contributed by atoms with Crippen molar-refractivity contribution in [3.05, 3.63) is 10.4 Å². The minimum absolute atomic E-state index is 0.0690. The second kappa shape index (κ2) is 12.1. The van der Waals surface area contributed by atoms with Crippen molar-refractivity contribution in [2.24, 2.45) is 0 Å². The molecule has 0 bridgehead atoms. The molecule has 5 unspecified atom stereocenters. The van der Waals surface area contributed by atoms with E-state index in [0.29, 0.717) is 0 Å². The Hall–Kier alpha value is -3.92. The summed E-state index contributed by atoms with van der Waals surface area (Å²) in [5.41, 5.74) is 3.56. The summed E-state index contributed by atoms with van der Waals surface area (Å²) >= 11 is 0. The number of nitrogens with two attached hydrogens (primary N) is 1. The number of nitrogens with one attached hydrogen (secondary N) is 4. The SMILES string of the molecule is CC(NC(=O)C(CCC(=O)N1c2c([nH]c(N)nc2=O)NCC1C(O)C(C)O)NC(=O)OC(C)(C)C)C(=O)O. The lowest BCUT2D eigenvalue weighted by molar-refractivity contribution is -0.141. The number of alkyl carbamates (subject to hydrolysis) is 1. The molecule has 1 aromatic heterocycles. The van der Waals surface area contributed by atoms with Gasteiger partial charge < -0.3 is 46.7 Å². The van der Waals surface area contributed by atoms with Crippen molar-refractivity contribution in [1.82, 2.24) is 20.6 Å². The first-order valence-electron chi connectivity index (χ1n) is 11.9. The number of H-pyrrole nitrogens is 1. The fraction of sp³-hybridized carbons (Fsp3) is 0.636. The number of carbonyl (C=O) groups is 4. The number of fused-ring (bicyclic) bond motifs is 1. The number of carbonyl (C=O) groups excluding carboxylic acids is 3. The molecule has 38 heavy (non-hydrogen) atoms. The normalized spacial score (nSPS) is 18.2. The van der Waals surface area contributed by atoms with E-state index < -0.39 is 71.8 Å². The van der Waals surface area contributed by atoms with Gasteiger partial charge in [0.2, 0.25) is 17.8 Å². The zero-order valence-corrected chi connectivity index (χ0v) is 21.8. The number of rotatable bonds is 9. The monoisotopic (exact) mass is 541 g/mol. The standard InChI is InChI=1S/C22H35N7O9/c1-9(19(35)36)25-17(33)11(26-21(37)38-22(3,4)5)6-7-13(31)29-12(15(32)10(2)30)8-24-16-14(29)18(34)28-20(23)27-16/h9-12,15,30,32H,6-8H2,1-5H3,(H,25,33)(H,26,37)(H,35,36)(H4,23,24,27,28,34). The Balaban J connectivity index is 2.34. The molecule has 9 N–H and O–H groups in total. The molecule has 16 heteroatoms. The Kier molecular flexibility index (Phi) is 9.64. The molecule has 2 heterocycles. The quantitative estimate of drug-likeness (QED) is 0.178. The molecule has 1 aromatic rings. The van der Waals surface area contributed by atoms with Gasteiger partial charge in [-0.2, -0.15) is 4.98 Å². The Labute approximate surface area is 217 Å². The summed E-state index contributed by atoms with van der Waals surface area (Å²) in [5.74, 6) is -3.09. The van der Waals surface area contributed by atoms with Crippen molar-refractivity contribution in [1.29, 1.82) is 0 Å². The fourth-order valence-electron chi connectivity index (χ4n) is 3.69. The molecule has 212 valence electrons. The van der Waals surface area contributed by atoms with Gasteiger partial charge in [0.05, 0.1) is 12.1 Å². The number of anilines is 3. The van der Waals surface area contributed by atoms with E-state index in [-0.39, 0.29) is 30.4 Å². The Morgan fingerprint density at radius 2 is 1.84 bits per heavy atom. The maximum absolute atomic E-state index is 13.4. The number of hydrogen-bond acceptors (Lipinski definition) is 11. The number of aliphatic hydroxyl groups is 2. The molecule has 0 radical (unpaired) electrons. The summed E-state index contributed by atoms with van der Waals surface area (Å²) < 4.78 is 5.17. The van der Waals surface area contributed by atoms with Crippen molar-refractivity contribution in [2.75, 3.05) is 22.5 Å². The number of hydrogen-bond donors (Lipinski definition) is 8. The van der Waals surface area contributed by atoms with E-state index in [1.165, 1.54) is 13.8 Å². The number of aliphatic carboxylic acids is 1. The second-order valence-electron chi connectivity index (χ2n) is 9.90. The van der Waals surface area contributed by atoms with E-state index in [9.17, 15) is 34.2 Å². The number of aromatic nitrogens is 2. The second-order valence-corrected chi connectivity index (χ2v) is 9.90. The highest BCUT2D eigenvalue weighted by Crippen LogP contribution is 2.29. The molecular formula is C22H35N7O9. The van der Waals surface area contributed by atoms with Crippen LogP contribution in [0.1, 0.15) is 47.5 Å². The van der Waals surface area contributed by atoms with Gasteiger partial charge in [0.15, 0.2) is 5.69 Å². The molecule has 0 fully saturated rings. The van der Waals surface area contributed by atoms with Crippen LogP contribution in [0.3, 0.4) is 0 Å². The fourth-order valence-corrected chi connectivity index (χ4v) is 3.69. The number of aromatic amines is 1. The van der Waals surface area contributed by atoms with Crippen molar-refractivity contribution in [2.45, 2.75) is 83.4 Å². The molecule has 1 aliphatic heterocycles. The van der Waals surface area contributed by atoms with E-state index in [2.05, 4.69) is 25.9 Å². The lowest BCUT2D eigenvalue weighted by atomic mass is 10.0. The van der Waals surface area contributed by atoms with Crippen LogP contribution >= 0.6 is 0 Å². The van der Waals surface area contributed by atoms with E-state index in [4.69, 9.17) is 15.6 Å². The summed E-state index contributed by atoms with van der Waals surface area (Å²) in [4.78, 5) is 69.6. The first-order valence-corrected chi connectivity index (χ1v) is 11.9. The lowest BCUT2D eigenvalue weighted by Gasteiger charge is -2.40. The molecule has 0 aliphatic carbocycles. The van der Waals surface area contributed by atoms with Crippen LogP contribution < -0.4 is 32.1 Å². The van der Waals surface area contributed by atoms with Gasteiger partial charge in [-0.05, 0) is 41.0 Å². The van der Waals surface area contributed by atoms with Crippen LogP contribution in [0.25, 0.3) is 0 Å². The zero-order valence-electron chi connectivity index (χ0n) is 21.8. The maximum Gasteiger partial charge on any atom is 0.408 e. The Bertz CT molecular complexity index is 1120. The number of aliphatic hydroxyl groups excluding tert-OH is 2. The molecule has 16 nitrogen and oxygen atoms in total. The van der Waals surface area contributed by atoms with Crippen molar-refractivity contribution < 1.29 is 39.2 Å². The van der Waals surface area contributed by atoms with Gasteiger partial charge in [-0.15, -0.1) is 0 Å². The number of carboxylic acid groups (broad SMARTS) is 1. The van der Waals surface area contributed by atoms with Gasteiger partial charge in [-0.25, -0.2) is 4.79 Å². The Morgan fingerprint density at radius 1 is 1.21 bits per heavy atom. The van der Waals surface area contributed by atoms with Gasteiger partial charge in [-0.1, -0.05) is 0 Å². The van der Waals surface area contributed by atoms with Crippen LogP contribution in [0, 0.1) is 0 Å². The van der Waals surface area contributed by atoms with Crippen molar-refractivity contribution in [3.8, 4) is 0 Å². The summed E-state index contributed by atoms with van der Waals surface area (Å²) in [6.45, 7) is 7.27. The molecule has 0 aromatic carbocycles. The molecule has 0 saturated heterocycles. The van der Waals surface area contributed by atoms with Crippen LogP contribution in [-0.2, 0) is 19.1 Å². The highest BCUT2D eigenvalue weighted by Gasteiger charge is 2.40. The average molecular weight is 542 g/mol. The van der Waals surface area contributed by atoms with E-state index in [1.807, 2.05) is 0 Å². The van der Waals surface area contributed by atoms with E-state index in [1.54, 1.807) is 20.8 Å². The minimum Gasteiger partial charge on any atom is -0.480 e. The van der Waals surface area contributed by atoms with E-state index >= 15 is 0 Å². The first-order chi connectivity index (χ1) is 17.5. The van der Waals surface area contributed by atoms with Crippen LogP contribution in [0.15, 0.2) is 4.79 Å². The smallest absolute Gasteiger partial charge is 0.408 e. The van der Waals surface area contributed by atoms with Gasteiger partial charge in [0.1, 0.15) is 29.6 Å². The number of nitrogens with zero attached hydrogens (tertiary/aromatic N) is 2. The van der Waals surface area contributed by atoms with Crippen LogP contribution in [0.5, 0.6) is 0 Å². The summed E-state index contributed by atoms with van der Waals surface area (Å²) in [6, 6.07) is -3.78. The first kappa shape index (κ1) is 30.3. The highest BCUT2D eigenvalue weighted by atomic mass is 16.6. The summed E-state index contributed by atoms with van der Waals surface area (Å²) in [6.07, 6.45) is -4.48. The zero-order chi connectivity index (χ0) is 28.9. The van der Waals surface area contributed by atoms with E-state index in [0.717, 1.165) is 4.90 Å². The molecule has 3 amide bonds. The third-order valence-corrected chi connectivity index (χ3v) is 5.52. The topological polar surface area (TPSA) is 249 Å². The number of amides is 3. The van der Waals surface area contributed by atoms with Gasteiger partial charge in [-0.3, -0.25) is 24.1 Å². The summed E-state index contributed by atoms with van der Waals surface area (Å²) in [5, 5.41) is 37.0. The average Bonchev–Trinajstić information content (AvgIpc) is 2.78. The summed E-state index contributed by atoms with van der Waals surface area (Å²) in [7, 11) is 0. The van der Waals surface area contributed by atoms with Crippen molar-refractivity contribution >= 4 is 41.3 Å². The molecule has 2 rings (SSSR count). The molecule has 5 atom stereocenters. The molecule has 1 aliphatic rings. The lowest BCUT2D eigenvalue weighted by Crippen LogP contribution is -2.58. The third-order valence-electron chi connectivity index (χ3n) is 5.52. The predicted octanol–water partition coefficient (Wildman–Crippen LogP) is -1.52. The van der Waals surface area contributed by atoms with Crippen LogP contribution in [0.2, 0.25) is 0 Å². The number of ether oxygens (including phenoxy) is 1. The maximum atomic E-state index is 13.4. The molecular weight excluding hydrogens is 506 g/mol. The molecule has 0 saturated carbocycles. The minimum atomic E-state index is -1.47. The van der Waals surface area contributed by atoms with Crippen molar-refractivity contribution in [3.63, 3.8) is 0 Å². The molecule has 0 spiro atoms.